The predicted molar refractivity (Wildman–Crippen MR) is 139 cm³/mol. The van der Waals surface area contributed by atoms with Crippen molar-refractivity contribution < 1.29 is 13.2 Å². The van der Waals surface area contributed by atoms with Crippen LogP contribution in [-0.4, -0.2) is 39.5 Å². The number of hydrogen-bond donors (Lipinski definition) is 3. The van der Waals surface area contributed by atoms with Crippen molar-refractivity contribution in [1.82, 2.24) is 19.2 Å². The average Bonchev–Trinajstić information content (AvgIpc) is 3.57. The summed E-state index contributed by atoms with van der Waals surface area (Å²) in [6.07, 6.45) is 8.86. The Morgan fingerprint density at radius 2 is 1.92 bits per heavy atom. The SMILES string of the molecule is N#CCC1CCC(Nc2c(NC(=O)Cc3ccn[nH]3)cnc3c2ccn3S(=O)(=O)c2ccccc2)CC1. The summed E-state index contributed by atoms with van der Waals surface area (Å²) >= 11 is 0. The van der Waals surface area contributed by atoms with Crippen LogP contribution in [0.25, 0.3) is 11.0 Å². The number of carbonyl (C=O) groups is 1. The summed E-state index contributed by atoms with van der Waals surface area (Å²) in [5.74, 6) is 0.147. The maximum absolute atomic E-state index is 13.3. The molecule has 0 aliphatic heterocycles. The first-order chi connectivity index (χ1) is 18.0. The van der Waals surface area contributed by atoms with Crippen molar-refractivity contribution in [3.05, 3.63) is 66.7 Å². The molecular weight excluding hydrogens is 490 g/mol. The summed E-state index contributed by atoms with van der Waals surface area (Å²) in [5.41, 5.74) is 2.06. The van der Waals surface area contributed by atoms with Crippen LogP contribution in [-0.2, 0) is 21.2 Å². The van der Waals surface area contributed by atoms with E-state index in [1.807, 2.05) is 0 Å². The quantitative estimate of drug-likeness (QED) is 0.319. The zero-order chi connectivity index (χ0) is 25.8. The topological polar surface area (TPSA) is 146 Å². The Bertz CT molecular complexity index is 1530. The molecule has 0 radical (unpaired) electrons. The van der Waals surface area contributed by atoms with E-state index in [1.54, 1.807) is 48.7 Å². The van der Waals surface area contributed by atoms with E-state index in [1.165, 1.54) is 16.4 Å². The Morgan fingerprint density at radius 3 is 2.62 bits per heavy atom. The minimum absolute atomic E-state index is 0.111. The van der Waals surface area contributed by atoms with Crippen LogP contribution in [0.1, 0.15) is 37.8 Å². The maximum Gasteiger partial charge on any atom is 0.269 e. The van der Waals surface area contributed by atoms with Gasteiger partial charge in [0.05, 0.1) is 35.0 Å². The molecule has 1 aromatic carbocycles. The summed E-state index contributed by atoms with van der Waals surface area (Å²) in [4.78, 5) is 17.4. The second-order valence-corrected chi connectivity index (χ2v) is 11.1. The number of carbonyl (C=O) groups excluding carboxylic acids is 1. The molecule has 0 unspecified atom stereocenters. The molecule has 4 aromatic rings. The fourth-order valence-corrected chi connectivity index (χ4v) is 6.13. The highest BCUT2D eigenvalue weighted by atomic mass is 32.2. The zero-order valence-corrected chi connectivity index (χ0v) is 20.9. The predicted octanol–water partition coefficient (Wildman–Crippen LogP) is 4.06. The minimum Gasteiger partial charge on any atom is -0.380 e. The second kappa shape index (κ2) is 10.4. The number of pyridine rings is 1. The van der Waals surface area contributed by atoms with E-state index in [-0.39, 0.29) is 28.9 Å². The number of hydrogen-bond acceptors (Lipinski definition) is 7. The summed E-state index contributed by atoms with van der Waals surface area (Å²) in [6.45, 7) is 0. The first-order valence-electron chi connectivity index (χ1n) is 12.2. The molecule has 3 N–H and O–H groups in total. The normalized spacial score (nSPS) is 17.8. The first kappa shape index (κ1) is 24.5. The monoisotopic (exact) mass is 517 g/mol. The number of amides is 1. The van der Waals surface area contributed by atoms with Gasteiger partial charge < -0.3 is 10.6 Å². The molecule has 0 bridgehead atoms. The van der Waals surface area contributed by atoms with Gasteiger partial charge in [-0.15, -0.1) is 0 Å². The van der Waals surface area contributed by atoms with Gasteiger partial charge in [0.1, 0.15) is 0 Å². The van der Waals surface area contributed by atoms with Crippen molar-refractivity contribution in [2.45, 2.75) is 49.5 Å². The summed E-state index contributed by atoms with van der Waals surface area (Å²) in [5, 5.41) is 22.8. The number of fused-ring (bicyclic) bond motifs is 1. The number of anilines is 2. The Labute approximate surface area is 214 Å². The maximum atomic E-state index is 13.3. The molecule has 1 saturated carbocycles. The molecule has 1 aliphatic carbocycles. The Morgan fingerprint density at radius 1 is 1.14 bits per heavy atom. The van der Waals surface area contributed by atoms with Gasteiger partial charge in [-0.25, -0.2) is 17.4 Å². The largest absolute Gasteiger partial charge is 0.380 e. The molecule has 0 spiro atoms. The van der Waals surface area contributed by atoms with Gasteiger partial charge in [0.15, 0.2) is 5.65 Å². The van der Waals surface area contributed by atoms with Gasteiger partial charge in [-0.3, -0.25) is 9.89 Å². The lowest BCUT2D eigenvalue weighted by Crippen LogP contribution is -2.27. The van der Waals surface area contributed by atoms with Crippen molar-refractivity contribution in [3.63, 3.8) is 0 Å². The molecule has 1 aliphatic rings. The Kier molecular flexibility index (Phi) is 6.92. The molecule has 0 saturated heterocycles. The van der Waals surface area contributed by atoms with E-state index in [2.05, 4.69) is 31.9 Å². The summed E-state index contributed by atoms with van der Waals surface area (Å²) in [6, 6.07) is 14.0. The number of aromatic amines is 1. The van der Waals surface area contributed by atoms with Gasteiger partial charge in [0, 0.05) is 35.9 Å². The number of benzene rings is 1. The molecule has 0 atom stereocenters. The number of nitriles is 1. The van der Waals surface area contributed by atoms with Gasteiger partial charge in [0.25, 0.3) is 10.0 Å². The summed E-state index contributed by atoms with van der Waals surface area (Å²) in [7, 11) is -3.86. The van der Waals surface area contributed by atoms with Crippen LogP contribution >= 0.6 is 0 Å². The van der Waals surface area contributed by atoms with Gasteiger partial charge in [0.2, 0.25) is 5.91 Å². The highest BCUT2D eigenvalue weighted by molar-refractivity contribution is 7.90. The third-order valence-electron chi connectivity index (χ3n) is 6.74. The number of aromatic nitrogens is 4. The number of nitrogens with zero attached hydrogens (tertiary/aromatic N) is 4. The lowest BCUT2D eigenvalue weighted by atomic mass is 9.84. The van der Waals surface area contributed by atoms with Crippen LogP contribution in [0.4, 0.5) is 11.4 Å². The van der Waals surface area contributed by atoms with Crippen LogP contribution in [0.2, 0.25) is 0 Å². The van der Waals surface area contributed by atoms with E-state index in [4.69, 9.17) is 5.26 Å². The van der Waals surface area contributed by atoms with Crippen molar-refractivity contribution in [1.29, 1.82) is 5.26 Å². The fourth-order valence-electron chi connectivity index (χ4n) is 4.81. The molecule has 3 heterocycles. The summed E-state index contributed by atoms with van der Waals surface area (Å²) < 4.78 is 27.9. The standard InChI is InChI=1S/C26H27N7O3S/c27-13-10-18-6-8-19(9-7-18)30-25-22-12-15-33(37(35,36)21-4-2-1-3-5-21)26(22)28-17-23(25)31-24(34)16-20-11-14-29-32-20/h1-5,11-12,14-15,17-19H,6-10,16H2,(H,28,30)(H,29,32)(H,31,34). The lowest BCUT2D eigenvalue weighted by molar-refractivity contribution is -0.115. The van der Waals surface area contributed by atoms with Crippen LogP contribution in [0.5, 0.6) is 0 Å². The van der Waals surface area contributed by atoms with Crippen molar-refractivity contribution in [3.8, 4) is 6.07 Å². The lowest BCUT2D eigenvalue weighted by Gasteiger charge is -2.29. The van der Waals surface area contributed by atoms with Gasteiger partial charge in [-0.05, 0) is 55.9 Å². The van der Waals surface area contributed by atoms with Crippen molar-refractivity contribution in [2.24, 2.45) is 5.92 Å². The molecule has 10 nitrogen and oxygen atoms in total. The third kappa shape index (κ3) is 5.20. The van der Waals surface area contributed by atoms with Crippen LogP contribution in [0, 0.1) is 17.2 Å². The second-order valence-electron chi connectivity index (χ2n) is 9.24. The molecule has 37 heavy (non-hydrogen) atoms. The first-order valence-corrected chi connectivity index (χ1v) is 13.6. The molecular formula is C26H27N7O3S. The van der Waals surface area contributed by atoms with E-state index >= 15 is 0 Å². The van der Waals surface area contributed by atoms with Crippen molar-refractivity contribution in [2.75, 3.05) is 10.6 Å². The van der Waals surface area contributed by atoms with E-state index in [0.717, 1.165) is 25.7 Å². The number of H-pyrrole nitrogens is 1. The molecule has 5 rings (SSSR count). The van der Waals surface area contributed by atoms with E-state index < -0.39 is 10.0 Å². The highest BCUT2D eigenvalue weighted by Crippen LogP contribution is 2.36. The van der Waals surface area contributed by atoms with E-state index in [0.29, 0.717) is 34.8 Å². The average molecular weight is 518 g/mol. The number of nitrogens with one attached hydrogen (secondary N) is 3. The van der Waals surface area contributed by atoms with Gasteiger partial charge in [-0.1, -0.05) is 18.2 Å². The van der Waals surface area contributed by atoms with Crippen LogP contribution in [0.15, 0.2) is 66.0 Å². The minimum atomic E-state index is -3.86. The van der Waals surface area contributed by atoms with Gasteiger partial charge >= 0.3 is 0 Å². The molecule has 11 heteroatoms. The Balaban J connectivity index is 1.49. The van der Waals surface area contributed by atoms with Crippen LogP contribution < -0.4 is 10.6 Å². The molecule has 3 aromatic heterocycles. The van der Waals surface area contributed by atoms with Gasteiger partial charge in [-0.2, -0.15) is 10.4 Å². The molecule has 1 fully saturated rings. The van der Waals surface area contributed by atoms with Crippen LogP contribution in [0.3, 0.4) is 0 Å². The zero-order valence-electron chi connectivity index (χ0n) is 20.1. The highest BCUT2D eigenvalue weighted by Gasteiger charge is 2.25. The van der Waals surface area contributed by atoms with E-state index in [9.17, 15) is 13.2 Å². The number of rotatable bonds is 8. The molecule has 1 amide bonds. The Hall–Kier alpha value is -4.17. The fraction of sp³-hybridized carbons (Fsp3) is 0.308. The third-order valence-corrected chi connectivity index (χ3v) is 8.42. The smallest absolute Gasteiger partial charge is 0.269 e. The molecule has 190 valence electrons. The van der Waals surface area contributed by atoms with Crippen molar-refractivity contribution >= 4 is 38.3 Å².